The van der Waals surface area contributed by atoms with E-state index >= 15 is 0 Å². The number of ether oxygens (including phenoxy) is 2. The van der Waals surface area contributed by atoms with Gasteiger partial charge in [-0.2, -0.15) is 8.42 Å². The Kier molecular flexibility index (Phi) is 9.50. The number of fused-ring (bicyclic) bond motifs is 4. The van der Waals surface area contributed by atoms with Crippen molar-refractivity contribution in [3.05, 3.63) is 72.1 Å². The largest absolute Gasteiger partial charge is 0.459 e. The van der Waals surface area contributed by atoms with Gasteiger partial charge in [0, 0.05) is 95.9 Å². The van der Waals surface area contributed by atoms with Crippen molar-refractivity contribution in [1.29, 1.82) is 0 Å². The summed E-state index contributed by atoms with van der Waals surface area (Å²) >= 11 is 0. The number of hydrogen-bond donors (Lipinski definition) is 3. The Bertz CT molecular complexity index is 2000. The van der Waals surface area contributed by atoms with Gasteiger partial charge in [-0.3, -0.25) is 23.9 Å². The number of nitrogens with one attached hydrogen (secondary N) is 2. The van der Waals surface area contributed by atoms with Crippen LogP contribution in [0.15, 0.2) is 60.9 Å². The van der Waals surface area contributed by atoms with E-state index in [9.17, 15) is 27.6 Å². The van der Waals surface area contributed by atoms with E-state index in [1.165, 1.54) is 0 Å². The van der Waals surface area contributed by atoms with E-state index in [4.69, 9.17) is 14.0 Å². The summed E-state index contributed by atoms with van der Waals surface area (Å²) in [5.74, 6) is 0.807. The first-order valence-electron chi connectivity index (χ1n) is 18.4. The molecular formula is C39H44N4O9S. The second-order valence-corrected chi connectivity index (χ2v) is 16.9. The Morgan fingerprint density at radius 2 is 0.981 bits per heavy atom. The van der Waals surface area contributed by atoms with Crippen LogP contribution in [0.25, 0.3) is 21.8 Å². The number of aromatic amines is 2. The van der Waals surface area contributed by atoms with Crippen LogP contribution in [0, 0.1) is 11.8 Å². The lowest BCUT2D eigenvalue weighted by molar-refractivity contribution is -0.145. The van der Waals surface area contributed by atoms with E-state index in [0.717, 1.165) is 73.2 Å². The van der Waals surface area contributed by atoms with Gasteiger partial charge in [-0.1, -0.05) is 36.4 Å². The van der Waals surface area contributed by atoms with Crippen molar-refractivity contribution in [3.63, 3.8) is 0 Å². The molecule has 8 fully saturated rings. The number of carbonyl (C=O) groups excluding carboxylic acids is 4. The van der Waals surface area contributed by atoms with E-state index in [1.54, 1.807) is 12.4 Å². The third kappa shape index (κ3) is 7.42. The van der Waals surface area contributed by atoms with E-state index < -0.39 is 10.1 Å². The average Bonchev–Trinajstić information content (AvgIpc) is 3.73. The molecule has 0 spiro atoms. The molecule has 14 heteroatoms. The van der Waals surface area contributed by atoms with Crippen molar-refractivity contribution in [2.45, 2.75) is 87.7 Å². The first-order chi connectivity index (χ1) is 25.4. The summed E-state index contributed by atoms with van der Waals surface area (Å²) in [4.78, 5) is 60.0. The smallest absolute Gasteiger partial charge is 0.340 e. The van der Waals surface area contributed by atoms with Crippen molar-refractivity contribution < 1.29 is 41.6 Å². The number of nitrogens with zero attached hydrogens (tertiary/aromatic N) is 2. The van der Waals surface area contributed by atoms with Gasteiger partial charge in [0.25, 0.3) is 10.1 Å². The predicted octanol–water partition coefficient (Wildman–Crippen LogP) is 4.54. The quantitative estimate of drug-likeness (QED) is 0.197. The number of aromatic nitrogens is 2. The van der Waals surface area contributed by atoms with Crippen molar-refractivity contribution >= 4 is 55.4 Å². The summed E-state index contributed by atoms with van der Waals surface area (Å²) in [6.45, 7) is 1.20. The van der Waals surface area contributed by atoms with Gasteiger partial charge < -0.3 is 19.4 Å². The molecule has 280 valence electrons. The van der Waals surface area contributed by atoms with Gasteiger partial charge in [0.2, 0.25) is 0 Å². The van der Waals surface area contributed by atoms with Gasteiger partial charge in [0.05, 0.1) is 30.5 Å². The minimum absolute atomic E-state index is 0.0356. The SMILES string of the molecule is CS(=O)(=O)O.O=C(OC1C[C@H]2CC3C[C@H](C1)N2CC3=O)c1c[nH]c2ccccc12.O=C(OC1C[C@H]2CC3C[C@H](C1)N2CC3=O)c1c[nH]c2ccccc12. The van der Waals surface area contributed by atoms with Crippen molar-refractivity contribution in [3.8, 4) is 0 Å². The van der Waals surface area contributed by atoms with Crippen molar-refractivity contribution in [2.75, 3.05) is 19.3 Å². The van der Waals surface area contributed by atoms with Crippen molar-refractivity contribution in [2.24, 2.45) is 11.8 Å². The van der Waals surface area contributed by atoms with Gasteiger partial charge >= 0.3 is 11.9 Å². The fourth-order valence-electron chi connectivity index (χ4n) is 9.74. The van der Waals surface area contributed by atoms with Crippen molar-refractivity contribution in [1.82, 2.24) is 19.8 Å². The van der Waals surface area contributed by atoms with Crippen LogP contribution >= 0.6 is 0 Å². The van der Waals surface area contributed by atoms with Gasteiger partial charge in [-0.25, -0.2) is 9.59 Å². The number of Topliss-reactive ketones (excluding diaryl/α,β-unsaturated/α-hetero) is 2. The minimum atomic E-state index is -3.67. The number of benzene rings is 2. The maximum Gasteiger partial charge on any atom is 0.340 e. The molecule has 8 bridgehead atoms. The summed E-state index contributed by atoms with van der Waals surface area (Å²) in [7, 11) is -3.67. The van der Waals surface area contributed by atoms with E-state index in [1.807, 2.05) is 48.5 Å². The minimum Gasteiger partial charge on any atom is -0.459 e. The highest BCUT2D eigenvalue weighted by molar-refractivity contribution is 7.85. The highest BCUT2D eigenvalue weighted by Crippen LogP contribution is 2.43. The summed E-state index contributed by atoms with van der Waals surface area (Å²) in [6.07, 6.45) is 11.3. The third-order valence-corrected chi connectivity index (χ3v) is 12.0. The lowest BCUT2D eigenvalue weighted by atomic mass is 9.72. The fraction of sp³-hybridized carbons (Fsp3) is 0.487. The Labute approximate surface area is 307 Å². The maximum atomic E-state index is 12.6. The van der Waals surface area contributed by atoms with Gasteiger partial charge in [0.1, 0.15) is 23.8 Å². The number of carbonyl (C=O) groups is 4. The number of esters is 2. The molecule has 0 aliphatic carbocycles. The number of rotatable bonds is 4. The number of piperidine rings is 8. The van der Waals surface area contributed by atoms with Crippen LogP contribution in [0.1, 0.15) is 72.1 Å². The van der Waals surface area contributed by atoms with Crippen LogP contribution in [0.2, 0.25) is 0 Å². The zero-order valence-corrected chi connectivity index (χ0v) is 30.3. The topological polar surface area (TPSA) is 179 Å². The molecule has 12 rings (SSSR count). The second-order valence-electron chi connectivity index (χ2n) is 15.5. The molecule has 53 heavy (non-hydrogen) atoms. The van der Waals surface area contributed by atoms with E-state index in [0.29, 0.717) is 66.2 Å². The van der Waals surface area contributed by atoms with Gasteiger partial charge in [-0.15, -0.1) is 0 Å². The number of para-hydroxylation sites is 2. The molecule has 8 saturated heterocycles. The molecule has 2 aromatic carbocycles. The standard InChI is InChI=1S/2C19H20N2O3.CH4O3S/c2*22-18-10-21-12-5-11(18)6-13(21)8-14(7-12)24-19(23)16-9-20-17-4-2-1-3-15(16)17;1-5(2,3)4/h2*1-4,9,11-14,20H,5-8,10H2;1H3,(H,2,3,4)/t2*11?,12-,13-,14?;/m11./s1. The Morgan fingerprint density at radius 1 is 0.642 bits per heavy atom. The van der Waals surface area contributed by atoms with Gasteiger partial charge in [-0.05, 0) is 37.8 Å². The maximum absolute atomic E-state index is 12.6. The van der Waals surface area contributed by atoms with Gasteiger partial charge in [0.15, 0.2) is 0 Å². The molecular weight excluding hydrogens is 701 g/mol. The zero-order valence-electron chi connectivity index (χ0n) is 29.5. The Morgan fingerprint density at radius 3 is 1.32 bits per heavy atom. The molecule has 13 nitrogen and oxygen atoms in total. The molecule has 0 unspecified atom stereocenters. The molecule has 8 aliphatic rings. The number of ketones is 2. The summed E-state index contributed by atoms with van der Waals surface area (Å²) < 4.78 is 37.6. The molecule has 8 aliphatic heterocycles. The first-order valence-corrected chi connectivity index (χ1v) is 20.3. The summed E-state index contributed by atoms with van der Waals surface area (Å²) in [5, 5.41) is 1.82. The molecule has 4 aromatic rings. The van der Waals surface area contributed by atoms with E-state index in [-0.39, 0.29) is 36.0 Å². The number of H-pyrrole nitrogens is 2. The summed E-state index contributed by atoms with van der Waals surface area (Å²) in [5.41, 5.74) is 3.12. The Hall–Kier alpha value is -4.37. The zero-order chi connectivity index (χ0) is 37.0. The first kappa shape index (κ1) is 35.6. The van der Waals surface area contributed by atoms with Crippen LogP contribution in [0.4, 0.5) is 0 Å². The third-order valence-electron chi connectivity index (χ3n) is 12.0. The molecule has 0 amide bonds. The van der Waals surface area contributed by atoms with Crippen LogP contribution < -0.4 is 0 Å². The van der Waals surface area contributed by atoms with Crippen LogP contribution in [0.5, 0.6) is 0 Å². The molecule has 2 aromatic heterocycles. The molecule has 0 radical (unpaired) electrons. The molecule has 3 N–H and O–H groups in total. The predicted molar refractivity (Wildman–Crippen MR) is 195 cm³/mol. The lowest BCUT2D eigenvalue weighted by Crippen LogP contribution is -2.63. The van der Waals surface area contributed by atoms with Crippen LogP contribution in [0.3, 0.4) is 0 Å². The monoisotopic (exact) mass is 744 g/mol. The lowest BCUT2D eigenvalue weighted by Gasteiger charge is -2.54. The van der Waals surface area contributed by atoms with Crippen LogP contribution in [-0.4, -0.2) is 112 Å². The second kappa shape index (κ2) is 14.1. The Balaban J connectivity index is 0.000000134. The summed E-state index contributed by atoms with van der Waals surface area (Å²) in [6, 6.07) is 17.2. The fourth-order valence-corrected chi connectivity index (χ4v) is 9.74. The molecule has 0 saturated carbocycles. The van der Waals surface area contributed by atoms with Crippen LogP contribution in [-0.2, 0) is 29.2 Å². The average molecular weight is 745 g/mol. The molecule has 10 heterocycles. The normalized spacial score (nSPS) is 32.3. The highest BCUT2D eigenvalue weighted by Gasteiger charge is 2.50. The molecule has 4 atom stereocenters. The number of hydrogen-bond acceptors (Lipinski definition) is 10. The van der Waals surface area contributed by atoms with E-state index in [2.05, 4.69) is 19.8 Å². The highest BCUT2D eigenvalue weighted by atomic mass is 32.2.